The number of nitrogens with zero attached hydrogens (tertiary/aromatic N) is 1. The van der Waals surface area contributed by atoms with Crippen molar-refractivity contribution in [3.05, 3.63) is 28.8 Å². The Morgan fingerprint density at radius 2 is 1.88 bits per heavy atom. The molecule has 0 aliphatic rings. The van der Waals surface area contributed by atoms with E-state index < -0.39 is 10.0 Å². The van der Waals surface area contributed by atoms with Crippen LogP contribution >= 0.6 is 11.6 Å². The van der Waals surface area contributed by atoms with Crippen LogP contribution in [0.5, 0.6) is 0 Å². The fourth-order valence-electron chi connectivity index (χ4n) is 1.57. The first-order valence-corrected chi connectivity index (χ1v) is 7.27. The van der Waals surface area contributed by atoms with E-state index in [9.17, 15) is 8.42 Å². The Labute approximate surface area is 107 Å². The summed E-state index contributed by atoms with van der Waals surface area (Å²) in [5, 5.41) is 0.390. The van der Waals surface area contributed by atoms with Crippen molar-refractivity contribution in [3.63, 3.8) is 0 Å². The highest BCUT2D eigenvalue weighted by molar-refractivity contribution is 7.89. The molecule has 0 amide bonds. The van der Waals surface area contributed by atoms with Gasteiger partial charge in [-0.3, -0.25) is 0 Å². The third-order valence-corrected chi connectivity index (χ3v) is 4.99. The summed E-state index contributed by atoms with van der Waals surface area (Å²) in [6, 6.07) is 4.65. The SMILES string of the molecule is CCN(CC)S(=O)(=O)c1ccc(CN)c(Cl)c1. The van der Waals surface area contributed by atoms with Gasteiger partial charge in [-0.1, -0.05) is 31.5 Å². The Bertz CT molecular complexity index is 484. The van der Waals surface area contributed by atoms with E-state index in [1.807, 2.05) is 0 Å². The molecule has 0 aromatic heterocycles. The second-order valence-corrected chi connectivity index (χ2v) is 5.89. The maximum Gasteiger partial charge on any atom is 0.243 e. The summed E-state index contributed by atoms with van der Waals surface area (Å²) in [5.41, 5.74) is 6.22. The number of rotatable bonds is 5. The molecule has 1 aromatic carbocycles. The first-order chi connectivity index (χ1) is 7.97. The molecular weight excluding hydrogens is 260 g/mol. The van der Waals surface area contributed by atoms with Gasteiger partial charge >= 0.3 is 0 Å². The van der Waals surface area contributed by atoms with Gasteiger partial charge in [0.2, 0.25) is 10.0 Å². The van der Waals surface area contributed by atoms with Crippen LogP contribution in [0.15, 0.2) is 23.1 Å². The Morgan fingerprint density at radius 3 is 2.29 bits per heavy atom. The summed E-state index contributed by atoms with van der Waals surface area (Å²) in [6.45, 7) is 4.78. The van der Waals surface area contributed by atoms with Gasteiger partial charge < -0.3 is 5.73 Å². The van der Waals surface area contributed by atoms with Gasteiger partial charge in [0, 0.05) is 24.7 Å². The van der Waals surface area contributed by atoms with E-state index in [0.717, 1.165) is 5.56 Å². The second-order valence-electron chi connectivity index (χ2n) is 3.55. The molecule has 6 heteroatoms. The van der Waals surface area contributed by atoms with Crippen LogP contribution in [0.3, 0.4) is 0 Å². The summed E-state index contributed by atoms with van der Waals surface area (Å²) in [7, 11) is -3.44. The molecule has 17 heavy (non-hydrogen) atoms. The minimum atomic E-state index is -3.44. The predicted molar refractivity (Wildman–Crippen MR) is 69.5 cm³/mol. The Kier molecular flexibility index (Phi) is 4.94. The maximum atomic E-state index is 12.2. The fourth-order valence-corrected chi connectivity index (χ4v) is 3.37. The number of hydrogen-bond donors (Lipinski definition) is 1. The summed E-state index contributed by atoms with van der Waals surface area (Å²) in [5.74, 6) is 0. The Balaban J connectivity index is 3.20. The van der Waals surface area contributed by atoms with Crippen LogP contribution in [0, 0.1) is 0 Å². The third-order valence-electron chi connectivity index (χ3n) is 2.59. The van der Waals surface area contributed by atoms with Gasteiger partial charge in [0.1, 0.15) is 0 Å². The molecular formula is C11H17ClN2O2S. The van der Waals surface area contributed by atoms with Crippen LogP contribution in [0.4, 0.5) is 0 Å². The molecule has 0 heterocycles. The van der Waals surface area contributed by atoms with Crippen molar-refractivity contribution in [2.75, 3.05) is 13.1 Å². The number of nitrogens with two attached hydrogens (primary N) is 1. The van der Waals surface area contributed by atoms with E-state index in [-0.39, 0.29) is 4.90 Å². The quantitative estimate of drug-likeness (QED) is 0.892. The number of halogens is 1. The van der Waals surface area contributed by atoms with Crippen molar-refractivity contribution in [2.24, 2.45) is 5.73 Å². The van der Waals surface area contributed by atoms with Crippen molar-refractivity contribution >= 4 is 21.6 Å². The lowest BCUT2D eigenvalue weighted by Crippen LogP contribution is -2.30. The normalized spacial score (nSPS) is 12.1. The van der Waals surface area contributed by atoms with E-state index in [4.69, 9.17) is 17.3 Å². The third kappa shape index (κ3) is 2.98. The van der Waals surface area contributed by atoms with Gasteiger partial charge in [0.05, 0.1) is 4.90 Å². The fraction of sp³-hybridized carbons (Fsp3) is 0.455. The molecule has 96 valence electrons. The lowest BCUT2D eigenvalue weighted by Gasteiger charge is -2.18. The zero-order valence-corrected chi connectivity index (χ0v) is 11.6. The molecule has 0 bridgehead atoms. The highest BCUT2D eigenvalue weighted by Gasteiger charge is 2.22. The first kappa shape index (κ1) is 14.4. The topological polar surface area (TPSA) is 63.4 Å². The summed E-state index contributed by atoms with van der Waals surface area (Å²) < 4.78 is 25.8. The number of hydrogen-bond acceptors (Lipinski definition) is 3. The molecule has 4 nitrogen and oxygen atoms in total. The van der Waals surface area contributed by atoms with E-state index in [1.54, 1.807) is 26.0 Å². The molecule has 0 aliphatic carbocycles. The van der Waals surface area contributed by atoms with E-state index in [2.05, 4.69) is 0 Å². The second kappa shape index (κ2) is 5.82. The zero-order valence-electron chi connectivity index (χ0n) is 9.98. The van der Waals surface area contributed by atoms with Gasteiger partial charge in [-0.05, 0) is 17.7 Å². The van der Waals surface area contributed by atoms with Crippen LogP contribution < -0.4 is 5.73 Å². The minimum absolute atomic E-state index is 0.211. The molecule has 0 radical (unpaired) electrons. The summed E-state index contributed by atoms with van der Waals surface area (Å²) >= 11 is 5.96. The van der Waals surface area contributed by atoms with Crippen LogP contribution in [-0.4, -0.2) is 25.8 Å². The van der Waals surface area contributed by atoms with Crippen LogP contribution in [0.1, 0.15) is 19.4 Å². The molecule has 0 saturated carbocycles. The lowest BCUT2D eigenvalue weighted by atomic mass is 10.2. The highest BCUT2D eigenvalue weighted by Crippen LogP contribution is 2.22. The molecule has 0 fully saturated rings. The zero-order chi connectivity index (χ0) is 13.1. The van der Waals surface area contributed by atoms with Crippen LogP contribution in [0.2, 0.25) is 5.02 Å². The smallest absolute Gasteiger partial charge is 0.243 e. The van der Waals surface area contributed by atoms with Crippen molar-refractivity contribution < 1.29 is 8.42 Å². The van der Waals surface area contributed by atoms with Crippen LogP contribution in [0.25, 0.3) is 0 Å². The molecule has 1 rings (SSSR count). The Hall–Kier alpha value is -0.620. The maximum absolute atomic E-state index is 12.2. The van der Waals surface area contributed by atoms with E-state index >= 15 is 0 Å². The monoisotopic (exact) mass is 276 g/mol. The summed E-state index contributed by atoms with van der Waals surface area (Å²) in [4.78, 5) is 0.211. The molecule has 0 aliphatic heterocycles. The largest absolute Gasteiger partial charge is 0.326 e. The lowest BCUT2D eigenvalue weighted by molar-refractivity contribution is 0.445. The van der Waals surface area contributed by atoms with Crippen LogP contribution in [-0.2, 0) is 16.6 Å². The molecule has 0 spiro atoms. The average molecular weight is 277 g/mol. The standard InChI is InChI=1S/C11H17ClN2O2S/c1-3-14(4-2)17(15,16)10-6-5-9(8-13)11(12)7-10/h5-7H,3-4,8,13H2,1-2H3. The van der Waals surface area contributed by atoms with E-state index in [0.29, 0.717) is 24.7 Å². The van der Waals surface area contributed by atoms with Gasteiger partial charge in [-0.25, -0.2) is 8.42 Å². The molecule has 1 aromatic rings. The first-order valence-electron chi connectivity index (χ1n) is 5.46. The van der Waals surface area contributed by atoms with Gasteiger partial charge in [-0.2, -0.15) is 4.31 Å². The Morgan fingerprint density at radius 1 is 1.29 bits per heavy atom. The number of benzene rings is 1. The van der Waals surface area contributed by atoms with Gasteiger partial charge in [0.25, 0.3) is 0 Å². The van der Waals surface area contributed by atoms with E-state index in [1.165, 1.54) is 10.4 Å². The van der Waals surface area contributed by atoms with Crippen molar-refractivity contribution in [3.8, 4) is 0 Å². The van der Waals surface area contributed by atoms with Gasteiger partial charge in [-0.15, -0.1) is 0 Å². The highest BCUT2D eigenvalue weighted by atomic mass is 35.5. The summed E-state index contributed by atoms with van der Waals surface area (Å²) in [6.07, 6.45) is 0. The molecule has 2 N–H and O–H groups in total. The predicted octanol–water partition coefficient (Wildman–Crippen LogP) is 1.83. The minimum Gasteiger partial charge on any atom is -0.326 e. The molecule has 0 atom stereocenters. The van der Waals surface area contributed by atoms with Crippen molar-refractivity contribution in [1.29, 1.82) is 0 Å². The van der Waals surface area contributed by atoms with Crippen molar-refractivity contribution in [2.45, 2.75) is 25.3 Å². The average Bonchev–Trinajstić information content (AvgIpc) is 2.30. The number of sulfonamides is 1. The molecule has 0 unspecified atom stereocenters. The van der Waals surface area contributed by atoms with Gasteiger partial charge in [0.15, 0.2) is 0 Å². The molecule has 0 saturated heterocycles. The van der Waals surface area contributed by atoms with Crippen molar-refractivity contribution in [1.82, 2.24) is 4.31 Å².